The predicted molar refractivity (Wildman–Crippen MR) is 77.7 cm³/mol. The normalized spacial score (nSPS) is 12.8. The van der Waals surface area contributed by atoms with Crippen LogP contribution < -0.4 is 5.73 Å². The molecule has 1 aromatic carbocycles. The lowest BCUT2D eigenvalue weighted by molar-refractivity contribution is 0.614. The Kier molecular flexibility index (Phi) is 3.50. The predicted octanol–water partition coefficient (Wildman–Crippen LogP) is 2.87. The van der Waals surface area contributed by atoms with Crippen molar-refractivity contribution in [2.24, 2.45) is 5.73 Å². The molecule has 0 aliphatic heterocycles. The minimum Gasteiger partial charge on any atom is -0.324 e. The molecular formula is C14H12BrFN4. The fourth-order valence-corrected chi connectivity index (χ4v) is 2.62. The molecule has 0 aliphatic carbocycles. The standard InChI is InChI=1S/C14H12BrFN4/c15-14-9(2-1-3-11(14)16)6-12(17)10-7-19-20-5-4-18-8-13(10)20/h1-5,7-8,12H,6,17H2. The van der Waals surface area contributed by atoms with Crippen LogP contribution in [0.2, 0.25) is 0 Å². The Morgan fingerprint density at radius 1 is 1.35 bits per heavy atom. The van der Waals surface area contributed by atoms with E-state index in [1.807, 2.05) is 6.07 Å². The summed E-state index contributed by atoms with van der Waals surface area (Å²) >= 11 is 3.26. The highest BCUT2D eigenvalue weighted by molar-refractivity contribution is 9.10. The van der Waals surface area contributed by atoms with Gasteiger partial charge >= 0.3 is 0 Å². The van der Waals surface area contributed by atoms with Crippen molar-refractivity contribution in [3.8, 4) is 0 Å². The summed E-state index contributed by atoms with van der Waals surface area (Å²) in [6.07, 6.45) is 7.41. The number of aromatic nitrogens is 3. The third kappa shape index (κ3) is 2.32. The van der Waals surface area contributed by atoms with Crippen LogP contribution in [0, 0.1) is 5.82 Å². The average molecular weight is 335 g/mol. The summed E-state index contributed by atoms with van der Waals surface area (Å²) in [7, 11) is 0. The molecule has 102 valence electrons. The average Bonchev–Trinajstić information content (AvgIpc) is 2.88. The van der Waals surface area contributed by atoms with Crippen molar-refractivity contribution in [1.29, 1.82) is 0 Å². The van der Waals surface area contributed by atoms with Crippen LogP contribution in [-0.2, 0) is 6.42 Å². The molecule has 0 aliphatic rings. The van der Waals surface area contributed by atoms with Crippen molar-refractivity contribution in [3.63, 3.8) is 0 Å². The largest absolute Gasteiger partial charge is 0.324 e. The van der Waals surface area contributed by atoms with Crippen molar-refractivity contribution < 1.29 is 4.39 Å². The lowest BCUT2D eigenvalue weighted by Crippen LogP contribution is -2.13. The molecule has 3 aromatic rings. The van der Waals surface area contributed by atoms with E-state index in [9.17, 15) is 4.39 Å². The maximum absolute atomic E-state index is 13.5. The van der Waals surface area contributed by atoms with Crippen molar-refractivity contribution in [1.82, 2.24) is 14.6 Å². The van der Waals surface area contributed by atoms with Crippen molar-refractivity contribution >= 4 is 21.4 Å². The molecule has 0 saturated heterocycles. The summed E-state index contributed by atoms with van der Waals surface area (Å²) in [5, 5.41) is 4.23. The van der Waals surface area contributed by atoms with E-state index < -0.39 is 0 Å². The molecule has 20 heavy (non-hydrogen) atoms. The Morgan fingerprint density at radius 3 is 3.05 bits per heavy atom. The number of hydrogen-bond donors (Lipinski definition) is 1. The Hall–Kier alpha value is -1.79. The Balaban J connectivity index is 1.93. The molecule has 0 spiro atoms. The number of fused-ring (bicyclic) bond motifs is 1. The zero-order valence-corrected chi connectivity index (χ0v) is 12.1. The molecule has 1 atom stereocenters. The van der Waals surface area contributed by atoms with E-state index >= 15 is 0 Å². The lowest BCUT2D eigenvalue weighted by atomic mass is 10.0. The maximum atomic E-state index is 13.5. The first kappa shape index (κ1) is 13.2. The van der Waals surface area contributed by atoms with Gasteiger partial charge in [-0.1, -0.05) is 12.1 Å². The van der Waals surface area contributed by atoms with E-state index in [-0.39, 0.29) is 11.9 Å². The summed E-state index contributed by atoms with van der Waals surface area (Å²) < 4.78 is 15.7. The van der Waals surface area contributed by atoms with Crippen molar-refractivity contribution in [3.05, 3.63) is 64.4 Å². The second kappa shape index (κ2) is 5.30. The molecule has 0 saturated carbocycles. The summed E-state index contributed by atoms with van der Waals surface area (Å²) in [4.78, 5) is 4.08. The van der Waals surface area contributed by atoms with Gasteiger partial charge in [-0.2, -0.15) is 5.10 Å². The van der Waals surface area contributed by atoms with Crippen LogP contribution in [-0.4, -0.2) is 14.6 Å². The molecule has 2 N–H and O–H groups in total. The molecule has 0 radical (unpaired) electrons. The zero-order chi connectivity index (χ0) is 14.1. The Bertz CT molecular complexity index is 756. The fraction of sp³-hybridized carbons (Fsp3) is 0.143. The quantitative estimate of drug-likeness (QED) is 0.801. The van der Waals surface area contributed by atoms with Gasteiger partial charge in [0.2, 0.25) is 0 Å². The smallest absolute Gasteiger partial charge is 0.137 e. The fourth-order valence-electron chi connectivity index (χ4n) is 2.19. The van der Waals surface area contributed by atoms with Gasteiger partial charge < -0.3 is 5.73 Å². The van der Waals surface area contributed by atoms with E-state index in [4.69, 9.17) is 5.73 Å². The van der Waals surface area contributed by atoms with Crippen LogP contribution in [0.3, 0.4) is 0 Å². The molecule has 6 heteroatoms. The van der Waals surface area contributed by atoms with Crippen LogP contribution in [0.15, 0.2) is 47.5 Å². The van der Waals surface area contributed by atoms with Gasteiger partial charge in [-0.05, 0) is 34.0 Å². The minimum atomic E-state index is -0.281. The van der Waals surface area contributed by atoms with Gasteiger partial charge in [0.05, 0.1) is 22.4 Å². The second-order valence-electron chi connectivity index (χ2n) is 4.53. The summed E-state index contributed by atoms with van der Waals surface area (Å²) in [5.74, 6) is -0.281. The number of benzene rings is 1. The number of halogens is 2. The van der Waals surface area contributed by atoms with Crippen molar-refractivity contribution in [2.75, 3.05) is 0 Å². The SMILES string of the molecule is NC(Cc1cccc(F)c1Br)c1cnn2ccncc12. The van der Waals surface area contributed by atoms with Gasteiger partial charge in [0.25, 0.3) is 0 Å². The van der Waals surface area contributed by atoms with E-state index in [1.165, 1.54) is 6.07 Å². The monoisotopic (exact) mass is 334 g/mol. The summed E-state index contributed by atoms with van der Waals surface area (Å²) in [6.45, 7) is 0. The zero-order valence-electron chi connectivity index (χ0n) is 10.5. The number of nitrogens with two attached hydrogens (primary N) is 1. The van der Waals surface area contributed by atoms with E-state index in [0.29, 0.717) is 10.9 Å². The highest BCUT2D eigenvalue weighted by atomic mass is 79.9. The molecule has 3 rings (SSSR count). The maximum Gasteiger partial charge on any atom is 0.137 e. The highest BCUT2D eigenvalue weighted by Crippen LogP contribution is 2.26. The van der Waals surface area contributed by atoms with Crippen molar-refractivity contribution in [2.45, 2.75) is 12.5 Å². The first-order chi connectivity index (χ1) is 9.66. The van der Waals surface area contributed by atoms with E-state index in [1.54, 1.807) is 35.4 Å². The van der Waals surface area contributed by atoms with Crippen LogP contribution in [0.4, 0.5) is 4.39 Å². The van der Waals surface area contributed by atoms with E-state index in [2.05, 4.69) is 26.0 Å². The van der Waals surface area contributed by atoms with E-state index in [0.717, 1.165) is 16.6 Å². The third-order valence-corrected chi connectivity index (χ3v) is 4.11. The van der Waals surface area contributed by atoms with Gasteiger partial charge in [0.15, 0.2) is 0 Å². The Morgan fingerprint density at radius 2 is 2.20 bits per heavy atom. The molecule has 4 nitrogen and oxygen atoms in total. The van der Waals surface area contributed by atoms with Crippen LogP contribution >= 0.6 is 15.9 Å². The molecule has 0 bridgehead atoms. The Labute approximate surface area is 123 Å². The second-order valence-corrected chi connectivity index (χ2v) is 5.32. The molecule has 1 unspecified atom stereocenters. The molecule has 0 amide bonds. The van der Waals surface area contributed by atoms with Gasteiger partial charge in [-0.25, -0.2) is 8.91 Å². The first-order valence-electron chi connectivity index (χ1n) is 6.12. The third-order valence-electron chi connectivity index (χ3n) is 3.23. The minimum absolute atomic E-state index is 0.269. The molecular weight excluding hydrogens is 323 g/mol. The topological polar surface area (TPSA) is 56.2 Å². The molecule has 0 fully saturated rings. The van der Waals surface area contributed by atoms with Crippen LogP contribution in [0.25, 0.3) is 5.52 Å². The number of hydrogen-bond acceptors (Lipinski definition) is 3. The van der Waals surface area contributed by atoms with Gasteiger partial charge in [-0.15, -0.1) is 0 Å². The molecule has 2 heterocycles. The molecule has 2 aromatic heterocycles. The van der Waals surface area contributed by atoms with Gasteiger partial charge in [-0.3, -0.25) is 4.98 Å². The van der Waals surface area contributed by atoms with Gasteiger partial charge in [0, 0.05) is 24.0 Å². The first-order valence-corrected chi connectivity index (χ1v) is 6.92. The number of rotatable bonds is 3. The summed E-state index contributed by atoms with van der Waals surface area (Å²) in [6, 6.07) is 4.68. The highest BCUT2D eigenvalue weighted by Gasteiger charge is 2.15. The summed E-state index contributed by atoms with van der Waals surface area (Å²) in [5.41, 5.74) is 8.83. The number of nitrogens with zero attached hydrogens (tertiary/aromatic N) is 3. The lowest BCUT2D eigenvalue weighted by Gasteiger charge is -2.12. The van der Waals surface area contributed by atoms with Crippen LogP contribution in [0.5, 0.6) is 0 Å². The van der Waals surface area contributed by atoms with Gasteiger partial charge in [0.1, 0.15) is 5.82 Å². The van der Waals surface area contributed by atoms with Crippen LogP contribution in [0.1, 0.15) is 17.2 Å².